The predicted octanol–water partition coefficient (Wildman–Crippen LogP) is 4.70. The van der Waals surface area contributed by atoms with Gasteiger partial charge in [-0.05, 0) is 54.8 Å². The highest BCUT2D eigenvalue weighted by molar-refractivity contribution is 5.38. The molecule has 22 heavy (non-hydrogen) atoms. The van der Waals surface area contributed by atoms with Gasteiger partial charge in [-0.1, -0.05) is 56.3 Å². The lowest BCUT2D eigenvalue weighted by Gasteiger charge is -2.10. The van der Waals surface area contributed by atoms with E-state index in [0.29, 0.717) is 6.54 Å². The third kappa shape index (κ3) is 6.68. The van der Waals surface area contributed by atoms with E-state index in [4.69, 9.17) is 5.73 Å². The number of hydrogen-bond donors (Lipinski definition) is 1. The zero-order valence-electron chi connectivity index (χ0n) is 14.7. The molecule has 2 rings (SSSR count). The van der Waals surface area contributed by atoms with Crippen LogP contribution in [0.4, 0.5) is 0 Å². The number of rotatable bonds is 3. The standard InChI is InChI=1S/C16H19N.C2H5N.C2H6/c1-12-4-3-5-13(2)16(12)10-14-6-8-15(11-17)9-7-14;1-3-2;1-2/h3-9H,10-11,17H2,1-2H3;1H2,2H3;1-2H3. The maximum absolute atomic E-state index is 5.60. The fourth-order valence-corrected chi connectivity index (χ4v) is 2.13. The van der Waals surface area contributed by atoms with Gasteiger partial charge >= 0.3 is 0 Å². The second-order valence-corrected chi connectivity index (χ2v) is 4.88. The molecule has 2 aromatic carbocycles. The van der Waals surface area contributed by atoms with Crippen LogP contribution in [-0.2, 0) is 13.0 Å². The summed E-state index contributed by atoms with van der Waals surface area (Å²) in [5, 5.41) is 0. The van der Waals surface area contributed by atoms with Gasteiger partial charge in [0.05, 0.1) is 0 Å². The summed E-state index contributed by atoms with van der Waals surface area (Å²) in [7, 11) is 1.64. The van der Waals surface area contributed by atoms with E-state index in [0.717, 1.165) is 6.42 Å². The van der Waals surface area contributed by atoms with Crippen LogP contribution in [0.25, 0.3) is 0 Å². The van der Waals surface area contributed by atoms with Crippen LogP contribution in [0.15, 0.2) is 47.5 Å². The number of aryl methyl sites for hydroxylation is 2. The van der Waals surface area contributed by atoms with Gasteiger partial charge in [0.25, 0.3) is 0 Å². The Morgan fingerprint density at radius 1 is 0.909 bits per heavy atom. The van der Waals surface area contributed by atoms with Gasteiger partial charge in [0.1, 0.15) is 0 Å². The molecular formula is C20H30N2. The minimum atomic E-state index is 0.615. The van der Waals surface area contributed by atoms with Crippen molar-refractivity contribution in [2.75, 3.05) is 7.05 Å². The summed E-state index contributed by atoms with van der Waals surface area (Å²) in [4.78, 5) is 3.25. The average Bonchev–Trinajstić information content (AvgIpc) is 2.54. The van der Waals surface area contributed by atoms with Crippen molar-refractivity contribution in [3.05, 3.63) is 70.3 Å². The maximum atomic E-state index is 5.60. The van der Waals surface area contributed by atoms with Crippen molar-refractivity contribution in [2.24, 2.45) is 10.7 Å². The number of benzene rings is 2. The molecule has 0 radical (unpaired) electrons. The van der Waals surface area contributed by atoms with Crippen molar-refractivity contribution < 1.29 is 0 Å². The molecule has 0 aliphatic carbocycles. The molecular weight excluding hydrogens is 268 g/mol. The third-order valence-electron chi connectivity index (χ3n) is 3.28. The fourth-order valence-electron chi connectivity index (χ4n) is 2.13. The first-order chi connectivity index (χ1) is 10.6. The zero-order valence-corrected chi connectivity index (χ0v) is 14.7. The zero-order chi connectivity index (χ0) is 17.0. The number of nitrogens with two attached hydrogens (primary N) is 1. The van der Waals surface area contributed by atoms with Crippen molar-refractivity contribution in [3.63, 3.8) is 0 Å². The summed E-state index contributed by atoms with van der Waals surface area (Å²) in [5.74, 6) is 0. The lowest BCUT2D eigenvalue weighted by molar-refractivity contribution is 1.06. The largest absolute Gasteiger partial charge is 0.326 e. The molecule has 0 aliphatic heterocycles. The van der Waals surface area contributed by atoms with E-state index in [1.807, 2.05) is 13.8 Å². The molecule has 2 aromatic rings. The normalized spacial score (nSPS) is 9.00. The molecule has 2 heteroatoms. The number of aliphatic imine (C=N–C) groups is 1. The van der Waals surface area contributed by atoms with Gasteiger partial charge in [0, 0.05) is 13.6 Å². The molecule has 0 saturated carbocycles. The van der Waals surface area contributed by atoms with E-state index in [9.17, 15) is 0 Å². The maximum Gasteiger partial charge on any atom is 0.0269 e. The average molecular weight is 298 g/mol. The number of hydrogen-bond acceptors (Lipinski definition) is 2. The molecule has 0 saturated heterocycles. The molecule has 0 heterocycles. The van der Waals surface area contributed by atoms with Gasteiger partial charge in [-0.3, -0.25) is 0 Å². The van der Waals surface area contributed by atoms with Gasteiger partial charge in [-0.25, -0.2) is 0 Å². The smallest absolute Gasteiger partial charge is 0.0269 e. The molecule has 2 nitrogen and oxygen atoms in total. The molecule has 0 aliphatic rings. The SMILES string of the molecule is C=NC.CC.Cc1cccc(C)c1Cc1ccc(CN)cc1. The van der Waals surface area contributed by atoms with Gasteiger partial charge < -0.3 is 10.7 Å². The summed E-state index contributed by atoms with van der Waals surface area (Å²) in [5.41, 5.74) is 12.3. The van der Waals surface area contributed by atoms with E-state index in [-0.39, 0.29) is 0 Å². The lowest BCUT2D eigenvalue weighted by atomic mass is 9.96. The Kier molecular flexibility index (Phi) is 10.7. The Morgan fingerprint density at radius 3 is 1.73 bits per heavy atom. The minimum Gasteiger partial charge on any atom is -0.326 e. The van der Waals surface area contributed by atoms with Crippen LogP contribution in [0.2, 0.25) is 0 Å². The summed E-state index contributed by atoms with van der Waals surface area (Å²) in [6.45, 7) is 12.1. The molecule has 0 unspecified atom stereocenters. The molecule has 0 fully saturated rings. The predicted molar refractivity (Wildman–Crippen MR) is 99.9 cm³/mol. The van der Waals surface area contributed by atoms with E-state index in [1.165, 1.54) is 27.8 Å². The van der Waals surface area contributed by atoms with Gasteiger partial charge in [-0.2, -0.15) is 0 Å². The van der Waals surface area contributed by atoms with Crippen LogP contribution in [0.5, 0.6) is 0 Å². The molecule has 0 atom stereocenters. The third-order valence-corrected chi connectivity index (χ3v) is 3.28. The van der Waals surface area contributed by atoms with Crippen molar-refractivity contribution in [1.29, 1.82) is 0 Å². The quantitative estimate of drug-likeness (QED) is 0.820. The lowest BCUT2D eigenvalue weighted by Crippen LogP contribution is -1.98. The Hall–Kier alpha value is -1.93. The number of nitrogens with zero attached hydrogens (tertiary/aromatic N) is 1. The fraction of sp³-hybridized carbons (Fsp3) is 0.350. The highest BCUT2D eigenvalue weighted by Gasteiger charge is 2.03. The Balaban J connectivity index is 0.000000789. The van der Waals surface area contributed by atoms with Crippen LogP contribution >= 0.6 is 0 Å². The van der Waals surface area contributed by atoms with E-state index in [2.05, 4.69) is 68.0 Å². The molecule has 0 bridgehead atoms. The highest BCUT2D eigenvalue weighted by Crippen LogP contribution is 2.18. The highest BCUT2D eigenvalue weighted by atomic mass is 14.6. The van der Waals surface area contributed by atoms with E-state index >= 15 is 0 Å². The molecule has 2 N–H and O–H groups in total. The van der Waals surface area contributed by atoms with Crippen molar-refractivity contribution >= 4 is 6.72 Å². The summed E-state index contributed by atoms with van der Waals surface area (Å²) in [6.07, 6.45) is 1.00. The summed E-state index contributed by atoms with van der Waals surface area (Å²) >= 11 is 0. The minimum absolute atomic E-state index is 0.615. The van der Waals surface area contributed by atoms with Crippen molar-refractivity contribution in [1.82, 2.24) is 0 Å². The van der Waals surface area contributed by atoms with Gasteiger partial charge in [-0.15, -0.1) is 0 Å². The second kappa shape index (κ2) is 11.7. The first kappa shape index (κ1) is 20.1. The van der Waals surface area contributed by atoms with Crippen LogP contribution in [0.1, 0.15) is 41.7 Å². The summed E-state index contributed by atoms with van der Waals surface area (Å²) in [6, 6.07) is 15.0. The monoisotopic (exact) mass is 298 g/mol. The first-order valence-corrected chi connectivity index (χ1v) is 7.80. The first-order valence-electron chi connectivity index (χ1n) is 7.80. The summed E-state index contributed by atoms with van der Waals surface area (Å²) < 4.78 is 0. The second-order valence-electron chi connectivity index (χ2n) is 4.88. The van der Waals surface area contributed by atoms with Crippen molar-refractivity contribution in [3.8, 4) is 0 Å². The van der Waals surface area contributed by atoms with E-state index in [1.54, 1.807) is 7.05 Å². The Bertz CT molecular complexity index is 522. The molecule has 120 valence electrons. The van der Waals surface area contributed by atoms with Crippen LogP contribution in [0.3, 0.4) is 0 Å². The molecule has 0 aromatic heterocycles. The Labute approximate surface area is 136 Å². The van der Waals surface area contributed by atoms with Crippen molar-refractivity contribution in [2.45, 2.75) is 40.7 Å². The van der Waals surface area contributed by atoms with Crippen LogP contribution in [-0.4, -0.2) is 13.8 Å². The van der Waals surface area contributed by atoms with E-state index < -0.39 is 0 Å². The van der Waals surface area contributed by atoms with Crippen LogP contribution < -0.4 is 5.73 Å². The van der Waals surface area contributed by atoms with Gasteiger partial charge in [0.15, 0.2) is 0 Å². The van der Waals surface area contributed by atoms with Gasteiger partial charge in [0.2, 0.25) is 0 Å². The van der Waals surface area contributed by atoms with Crippen LogP contribution in [0, 0.1) is 13.8 Å². The Morgan fingerprint density at radius 2 is 1.32 bits per heavy atom. The topological polar surface area (TPSA) is 38.4 Å². The molecule has 0 amide bonds. The molecule has 0 spiro atoms.